The molecule has 1 heterocycles. The van der Waals surface area contributed by atoms with Crippen LogP contribution in [0.3, 0.4) is 0 Å². The van der Waals surface area contributed by atoms with Gasteiger partial charge in [0.1, 0.15) is 11.3 Å². The SMILES string of the molecule is Cc1noc(C)c1C(=O)NC(C)(CN)C(C)C.Cl. The van der Waals surface area contributed by atoms with Crippen LogP contribution >= 0.6 is 12.4 Å². The maximum absolute atomic E-state index is 12.2. The Morgan fingerprint density at radius 1 is 1.50 bits per heavy atom. The van der Waals surface area contributed by atoms with E-state index in [1.165, 1.54) is 0 Å². The number of nitrogens with zero attached hydrogens (tertiary/aromatic N) is 1. The molecule has 0 aliphatic carbocycles. The summed E-state index contributed by atoms with van der Waals surface area (Å²) in [6.45, 7) is 9.86. The van der Waals surface area contributed by atoms with Gasteiger partial charge in [-0.15, -0.1) is 12.4 Å². The lowest BCUT2D eigenvalue weighted by molar-refractivity contribution is 0.0881. The molecular formula is C12H22ClN3O2. The topological polar surface area (TPSA) is 81.2 Å². The number of nitrogens with two attached hydrogens (primary N) is 1. The molecule has 104 valence electrons. The van der Waals surface area contributed by atoms with Crippen molar-refractivity contribution in [2.24, 2.45) is 11.7 Å². The Bertz CT molecular complexity index is 398. The number of carbonyl (C=O) groups is 1. The number of halogens is 1. The van der Waals surface area contributed by atoms with Gasteiger partial charge >= 0.3 is 0 Å². The highest BCUT2D eigenvalue weighted by molar-refractivity contribution is 5.96. The van der Waals surface area contributed by atoms with Crippen LogP contribution in [0.15, 0.2) is 4.52 Å². The zero-order valence-electron chi connectivity index (χ0n) is 11.5. The van der Waals surface area contributed by atoms with Crippen LogP contribution in [0.4, 0.5) is 0 Å². The van der Waals surface area contributed by atoms with E-state index in [0.717, 1.165) is 0 Å². The zero-order valence-corrected chi connectivity index (χ0v) is 12.4. The molecule has 18 heavy (non-hydrogen) atoms. The molecule has 1 atom stereocenters. The lowest BCUT2D eigenvalue weighted by Crippen LogP contribution is -2.55. The molecule has 1 rings (SSSR count). The molecule has 0 bridgehead atoms. The van der Waals surface area contributed by atoms with Crippen LogP contribution in [-0.2, 0) is 0 Å². The van der Waals surface area contributed by atoms with Crippen molar-refractivity contribution >= 4 is 18.3 Å². The molecule has 0 aromatic carbocycles. The number of hydrogen-bond acceptors (Lipinski definition) is 4. The van der Waals surface area contributed by atoms with Crippen molar-refractivity contribution in [1.29, 1.82) is 0 Å². The number of carbonyl (C=O) groups excluding carboxylic acids is 1. The lowest BCUT2D eigenvalue weighted by Gasteiger charge is -2.33. The summed E-state index contributed by atoms with van der Waals surface area (Å²) in [4.78, 5) is 12.2. The predicted octanol–water partition coefficient (Wildman–Crippen LogP) is 1.82. The summed E-state index contributed by atoms with van der Waals surface area (Å²) >= 11 is 0. The Hall–Kier alpha value is -1.07. The smallest absolute Gasteiger partial charge is 0.257 e. The fourth-order valence-electron chi connectivity index (χ4n) is 1.56. The fraction of sp³-hybridized carbons (Fsp3) is 0.667. The standard InChI is InChI=1S/C12H21N3O2.ClH/c1-7(2)12(5,6-13)14-11(16)10-8(3)15-17-9(10)4;/h7H,6,13H2,1-5H3,(H,14,16);1H. The molecule has 3 N–H and O–H groups in total. The third kappa shape index (κ3) is 3.23. The molecule has 5 nitrogen and oxygen atoms in total. The molecule has 0 spiro atoms. The van der Waals surface area contributed by atoms with Gasteiger partial charge in [0, 0.05) is 6.54 Å². The van der Waals surface area contributed by atoms with Crippen LogP contribution in [-0.4, -0.2) is 23.1 Å². The number of aromatic nitrogens is 1. The van der Waals surface area contributed by atoms with Crippen molar-refractivity contribution < 1.29 is 9.32 Å². The van der Waals surface area contributed by atoms with E-state index in [1.807, 2.05) is 20.8 Å². The quantitative estimate of drug-likeness (QED) is 0.878. The summed E-state index contributed by atoms with van der Waals surface area (Å²) in [7, 11) is 0. The molecule has 0 radical (unpaired) electrons. The van der Waals surface area contributed by atoms with Crippen LogP contribution in [0.2, 0.25) is 0 Å². The first kappa shape index (κ1) is 16.9. The number of nitrogens with one attached hydrogen (secondary N) is 1. The average Bonchev–Trinajstić information content (AvgIpc) is 2.58. The summed E-state index contributed by atoms with van der Waals surface area (Å²) in [5, 5.41) is 6.73. The lowest BCUT2D eigenvalue weighted by atomic mass is 9.88. The third-order valence-corrected chi connectivity index (χ3v) is 3.36. The monoisotopic (exact) mass is 275 g/mol. The van der Waals surface area contributed by atoms with E-state index in [1.54, 1.807) is 13.8 Å². The van der Waals surface area contributed by atoms with E-state index in [9.17, 15) is 4.79 Å². The van der Waals surface area contributed by atoms with Crippen LogP contribution in [0.5, 0.6) is 0 Å². The Labute approximate surface area is 114 Å². The Morgan fingerprint density at radius 3 is 2.39 bits per heavy atom. The maximum Gasteiger partial charge on any atom is 0.257 e. The molecule has 1 aromatic rings. The van der Waals surface area contributed by atoms with Crippen LogP contribution < -0.4 is 11.1 Å². The van der Waals surface area contributed by atoms with Gasteiger partial charge < -0.3 is 15.6 Å². The van der Waals surface area contributed by atoms with Crippen LogP contribution in [0, 0.1) is 19.8 Å². The Kier molecular flexibility index (Phi) is 5.83. The van der Waals surface area contributed by atoms with Crippen LogP contribution in [0.25, 0.3) is 0 Å². The van der Waals surface area contributed by atoms with Crippen molar-refractivity contribution in [3.05, 3.63) is 17.0 Å². The molecule has 0 saturated carbocycles. The summed E-state index contributed by atoms with van der Waals surface area (Å²) in [6.07, 6.45) is 0. The largest absolute Gasteiger partial charge is 0.361 e. The van der Waals surface area contributed by atoms with E-state index in [-0.39, 0.29) is 24.2 Å². The molecule has 0 fully saturated rings. The summed E-state index contributed by atoms with van der Waals surface area (Å²) in [5.41, 5.74) is 6.41. The number of rotatable bonds is 4. The first-order chi connectivity index (χ1) is 7.81. The number of aryl methyl sites for hydroxylation is 2. The summed E-state index contributed by atoms with van der Waals surface area (Å²) in [5.74, 6) is 0.600. The summed E-state index contributed by atoms with van der Waals surface area (Å²) < 4.78 is 4.98. The van der Waals surface area contributed by atoms with E-state index < -0.39 is 5.54 Å². The van der Waals surface area contributed by atoms with Gasteiger partial charge in [0.2, 0.25) is 0 Å². The average molecular weight is 276 g/mol. The number of hydrogen-bond donors (Lipinski definition) is 2. The molecule has 0 saturated heterocycles. The maximum atomic E-state index is 12.2. The minimum absolute atomic E-state index is 0. The first-order valence-corrected chi connectivity index (χ1v) is 5.77. The van der Waals surface area contributed by atoms with Gasteiger partial charge in [-0.1, -0.05) is 19.0 Å². The predicted molar refractivity (Wildman–Crippen MR) is 73.0 cm³/mol. The highest BCUT2D eigenvalue weighted by Gasteiger charge is 2.30. The fourth-order valence-corrected chi connectivity index (χ4v) is 1.56. The minimum atomic E-state index is -0.423. The van der Waals surface area contributed by atoms with Gasteiger partial charge in [0.15, 0.2) is 0 Å². The van der Waals surface area contributed by atoms with Gasteiger partial charge in [-0.3, -0.25) is 4.79 Å². The van der Waals surface area contributed by atoms with E-state index in [4.69, 9.17) is 10.3 Å². The van der Waals surface area contributed by atoms with Crippen molar-refractivity contribution in [1.82, 2.24) is 10.5 Å². The van der Waals surface area contributed by atoms with E-state index >= 15 is 0 Å². The minimum Gasteiger partial charge on any atom is -0.361 e. The van der Waals surface area contributed by atoms with Crippen molar-refractivity contribution in [2.45, 2.75) is 40.2 Å². The third-order valence-electron chi connectivity index (χ3n) is 3.36. The van der Waals surface area contributed by atoms with Gasteiger partial charge in [-0.25, -0.2) is 0 Å². The Balaban J connectivity index is 0.00000289. The second kappa shape index (κ2) is 6.20. The second-order valence-electron chi connectivity index (χ2n) is 4.93. The van der Waals surface area contributed by atoms with Crippen LogP contribution in [0.1, 0.15) is 42.6 Å². The van der Waals surface area contributed by atoms with Crippen molar-refractivity contribution in [2.75, 3.05) is 6.54 Å². The molecule has 1 aromatic heterocycles. The normalized spacial score (nSPS) is 13.9. The first-order valence-electron chi connectivity index (χ1n) is 5.77. The zero-order chi connectivity index (χ0) is 13.2. The molecule has 1 amide bonds. The van der Waals surface area contributed by atoms with Gasteiger partial charge in [0.05, 0.1) is 11.2 Å². The highest BCUT2D eigenvalue weighted by atomic mass is 35.5. The van der Waals surface area contributed by atoms with Crippen molar-refractivity contribution in [3.8, 4) is 0 Å². The molecule has 1 unspecified atom stereocenters. The van der Waals surface area contributed by atoms with E-state index in [0.29, 0.717) is 23.6 Å². The van der Waals surface area contributed by atoms with Crippen molar-refractivity contribution in [3.63, 3.8) is 0 Å². The van der Waals surface area contributed by atoms with Gasteiger partial charge in [-0.2, -0.15) is 0 Å². The molecule has 0 aliphatic heterocycles. The Morgan fingerprint density at radius 2 is 2.06 bits per heavy atom. The van der Waals surface area contributed by atoms with Gasteiger partial charge in [0.25, 0.3) is 5.91 Å². The summed E-state index contributed by atoms with van der Waals surface area (Å²) in [6, 6.07) is 0. The van der Waals surface area contributed by atoms with Gasteiger partial charge in [-0.05, 0) is 26.7 Å². The molecule has 6 heteroatoms. The molecular weight excluding hydrogens is 254 g/mol. The highest BCUT2D eigenvalue weighted by Crippen LogP contribution is 2.18. The second-order valence-corrected chi connectivity index (χ2v) is 4.93. The van der Waals surface area contributed by atoms with E-state index in [2.05, 4.69) is 10.5 Å². The molecule has 0 aliphatic rings. The number of amides is 1.